The summed E-state index contributed by atoms with van der Waals surface area (Å²) in [5.41, 5.74) is 2.13. The zero-order valence-corrected chi connectivity index (χ0v) is 15.4. The van der Waals surface area contributed by atoms with Gasteiger partial charge in [0.1, 0.15) is 0 Å². The molecule has 0 aliphatic rings. The average molecular weight is 387 g/mol. The van der Waals surface area contributed by atoms with Crippen LogP contribution in [0.1, 0.15) is 5.56 Å². The summed E-state index contributed by atoms with van der Waals surface area (Å²) in [6, 6.07) is 14.4. The van der Waals surface area contributed by atoms with Crippen molar-refractivity contribution in [2.75, 3.05) is 11.1 Å². The summed E-state index contributed by atoms with van der Waals surface area (Å²) in [6.07, 6.45) is 0. The van der Waals surface area contributed by atoms with Crippen LogP contribution in [0, 0.1) is 6.92 Å². The van der Waals surface area contributed by atoms with Gasteiger partial charge in [-0.3, -0.25) is 14.6 Å². The molecule has 0 saturated heterocycles. The number of rotatable bonds is 5. The predicted molar refractivity (Wildman–Crippen MR) is 104 cm³/mol. The van der Waals surface area contributed by atoms with E-state index in [4.69, 9.17) is 11.6 Å². The van der Waals surface area contributed by atoms with Gasteiger partial charge in [0.25, 0.3) is 5.56 Å². The van der Waals surface area contributed by atoms with Crippen molar-refractivity contribution in [3.63, 3.8) is 0 Å². The Balaban J connectivity index is 1.62. The van der Waals surface area contributed by atoms with Gasteiger partial charge in [0.05, 0.1) is 5.75 Å². The van der Waals surface area contributed by atoms with Gasteiger partial charge in [-0.1, -0.05) is 59.8 Å². The fourth-order valence-electron chi connectivity index (χ4n) is 2.17. The van der Waals surface area contributed by atoms with Crippen LogP contribution < -0.4 is 10.9 Å². The third-order valence-electron chi connectivity index (χ3n) is 3.52. The Morgan fingerprint density at radius 3 is 2.65 bits per heavy atom. The molecule has 0 radical (unpaired) electrons. The molecule has 1 aromatic heterocycles. The first-order valence-corrected chi connectivity index (χ1v) is 9.10. The molecule has 2 aromatic carbocycles. The van der Waals surface area contributed by atoms with E-state index in [0.717, 1.165) is 17.3 Å². The topological polar surface area (TPSA) is 87.7 Å². The van der Waals surface area contributed by atoms with Crippen LogP contribution in [0.15, 0.2) is 58.5 Å². The molecule has 0 aliphatic heterocycles. The highest BCUT2D eigenvalue weighted by molar-refractivity contribution is 7.99. The fourth-order valence-corrected chi connectivity index (χ4v) is 2.96. The van der Waals surface area contributed by atoms with E-state index >= 15 is 0 Å². The molecule has 2 N–H and O–H groups in total. The molecule has 0 saturated carbocycles. The number of aryl methyl sites for hydroxylation is 1. The maximum atomic E-state index is 12.2. The van der Waals surface area contributed by atoms with E-state index in [-0.39, 0.29) is 28.1 Å². The van der Waals surface area contributed by atoms with Crippen molar-refractivity contribution in [3.8, 4) is 11.3 Å². The molecule has 132 valence electrons. The summed E-state index contributed by atoms with van der Waals surface area (Å²) >= 11 is 7.14. The number of H-pyrrole nitrogens is 1. The first kappa shape index (κ1) is 18.2. The van der Waals surface area contributed by atoms with Gasteiger partial charge in [-0.2, -0.15) is 0 Å². The number of hydrogen-bond donors (Lipinski definition) is 2. The van der Waals surface area contributed by atoms with Crippen LogP contribution in [-0.4, -0.2) is 26.8 Å². The minimum absolute atomic E-state index is 0.0841. The number of carbonyl (C=O) groups is 1. The third-order valence-corrected chi connectivity index (χ3v) is 4.79. The normalized spacial score (nSPS) is 10.5. The molecule has 8 heteroatoms. The fraction of sp³-hybridized carbons (Fsp3) is 0.111. The lowest BCUT2D eigenvalue weighted by Crippen LogP contribution is -2.17. The van der Waals surface area contributed by atoms with Crippen LogP contribution in [0.5, 0.6) is 0 Å². The number of nitrogens with one attached hydrogen (secondary N) is 2. The van der Waals surface area contributed by atoms with Crippen LogP contribution in [0.4, 0.5) is 5.69 Å². The Morgan fingerprint density at radius 1 is 1.19 bits per heavy atom. The molecule has 1 amide bonds. The van der Waals surface area contributed by atoms with Crippen molar-refractivity contribution in [2.24, 2.45) is 0 Å². The molecular formula is C18H15ClN4O2S. The van der Waals surface area contributed by atoms with Gasteiger partial charge >= 0.3 is 0 Å². The first-order valence-electron chi connectivity index (χ1n) is 7.74. The molecule has 1 heterocycles. The standard InChI is InChI=1S/C18H15ClN4O2S/c1-11-7-8-13(9-14(11)19)20-15(24)10-26-18-21-17(25)16(22-23-18)12-5-3-2-4-6-12/h2-9H,10H2,1H3,(H,20,24)(H,21,23,25). The monoisotopic (exact) mass is 386 g/mol. The largest absolute Gasteiger partial charge is 0.325 e. The summed E-state index contributed by atoms with van der Waals surface area (Å²) in [4.78, 5) is 26.8. The maximum absolute atomic E-state index is 12.2. The number of aromatic nitrogens is 3. The van der Waals surface area contributed by atoms with Crippen molar-refractivity contribution >= 4 is 35.0 Å². The zero-order valence-electron chi connectivity index (χ0n) is 13.8. The molecule has 6 nitrogen and oxygen atoms in total. The molecule has 26 heavy (non-hydrogen) atoms. The number of nitrogens with zero attached hydrogens (tertiary/aromatic N) is 2. The number of halogens is 1. The van der Waals surface area contributed by atoms with E-state index in [1.807, 2.05) is 31.2 Å². The van der Waals surface area contributed by atoms with E-state index < -0.39 is 0 Å². The number of aromatic amines is 1. The van der Waals surface area contributed by atoms with Crippen LogP contribution in [0.3, 0.4) is 0 Å². The molecule has 3 rings (SSSR count). The minimum Gasteiger partial charge on any atom is -0.325 e. The first-order chi connectivity index (χ1) is 12.5. The number of benzene rings is 2. The van der Waals surface area contributed by atoms with E-state index in [9.17, 15) is 9.59 Å². The van der Waals surface area contributed by atoms with Crippen LogP contribution in [0.25, 0.3) is 11.3 Å². The van der Waals surface area contributed by atoms with Gasteiger partial charge in [0.2, 0.25) is 5.91 Å². The third kappa shape index (κ3) is 4.50. The molecule has 0 atom stereocenters. The van der Waals surface area contributed by atoms with Crippen LogP contribution in [0.2, 0.25) is 5.02 Å². The molecule has 0 aliphatic carbocycles. The molecule has 0 spiro atoms. The van der Waals surface area contributed by atoms with Gasteiger partial charge in [0, 0.05) is 16.3 Å². The lowest BCUT2D eigenvalue weighted by Gasteiger charge is -2.06. The van der Waals surface area contributed by atoms with E-state index in [0.29, 0.717) is 16.3 Å². The van der Waals surface area contributed by atoms with Crippen molar-refractivity contribution in [1.29, 1.82) is 0 Å². The lowest BCUT2D eigenvalue weighted by molar-refractivity contribution is -0.113. The summed E-state index contributed by atoms with van der Waals surface area (Å²) in [5, 5.41) is 11.6. The van der Waals surface area contributed by atoms with Gasteiger partial charge < -0.3 is 5.32 Å². The Bertz CT molecular complexity index is 992. The van der Waals surface area contributed by atoms with Gasteiger partial charge in [-0.05, 0) is 24.6 Å². The smallest absolute Gasteiger partial charge is 0.278 e. The van der Waals surface area contributed by atoms with Crippen molar-refractivity contribution in [2.45, 2.75) is 12.1 Å². The van der Waals surface area contributed by atoms with Crippen molar-refractivity contribution < 1.29 is 4.79 Å². The molecule has 0 bridgehead atoms. The number of amides is 1. The van der Waals surface area contributed by atoms with E-state index in [2.05, 4.69) is 20.5 Å². The molecule has 3 aromatic rings. The van der Waals surface area contributed by atoms with Crippen molar-refractivity contribution in [1.82, 2.24) is 15.2 Å². The number of carbonyl (C=O) groups excluding carboxylic acids is 1. The molecule has 0 fully saturated rings. The number of anilines is 1. The maximum Gasteiger partial charge on any atom is 0.278 e. The Labute approximate surface area is 159 Å². The highest BCUT2D eigenvalue weighted by Crippen LogP contribution is 2.20. The quantitative estimate of drug-likeness (QED) is 0.655. The molecule has 0 unspecified atom stereocenters. The highest BCUT2D eigenvalue weighted by Gasteiger charge is 2.10. The Hall–Kier alpha value is -2.64. The Morgan fingerprint density at radius 2 is 1.96 bits per heavy atom. The number of hydrogen-bond acceptors (Lipinski definition) is 5. The SMILES string of the molecule is Cc1ccc(NC(=O)CSc2nnc(-c3ccccc3)c(=O)[nH]2)cc1Cl. The minimum atomic E-state index is -0.348. The zero-order chi connectivity index (χ0) is 18.5. The molecular weight excluding hydrogens is 372 g/mol. The van der Waals surface area contributed by atoms with Crippen LogP contribution in [-0.2, 0) is 4.79 Å². The second-order valence-corrected chi connectivity index (χ2v) is 6.85. The van der Waals surface area contributed by atoms with Crippen molar-refractivity contribution in [3.05, 3.63) is 69.5 Å². The number of thioether (sulfide) groups is 1. The highest BCUT2D eigenvalue weighted by atomic mass is 35.5. The van der Waals surface area contributed by atoms with Gasteiger partial charge in [-0.15, -0.1) is 10.2 Å². The summed E-state index contributed by atoms with van der Waals surface area (Å²) in [6.45, 7) is 1.89. The second kappa shape index (κ2) is 8.16. The second-order valence-electron chi connectivity index (χ2n) is 5.47. The van der Waals surface area contributed by atoms with E-state index in [1.54, 1.807) is 24.3 Å². The summed E-state index contributed by atoms with van der Waals surface area (Å²) in [7, 11) is 0. The average Bonchev–Trinajstić information content (AvgIpc) is 2.64. The predicted octanol–water partition coefficient (Wildman–Crippen LogP) is 3.52. The van der Waals surface area contributed by atoms with Gasteiger partial charge in [0.15, 0.2) is 10.9 Å². The van der Waals surface area contributed by atoms with Crippen LogP contribution >= 0.6 is 23.4 Å². The van der Waals surface area contributed by atoms with E-state index in [1.165, 1.54) is 0 Å². The lowest BCUT2D eigenvalue weighted by atomic mass is 10.2. The Kier molecular flexibility index (Phi) is 5.70. The van der Waals surface area contributed by atoms with Gasteiger partial charge in [-0.25, -0.2) is 0 Å². The summed E-state index contributed by atoms with van der Waals surface area (Å²) < 4.78 is 0. The summed E-state index contributed by atoms with van der Waals surface area (Å²) in [5.74, 6) is -0.148.